The molecule has 19 heavy (non-hydrogen) atoms. The molecule has 0 heterocycles. The molecule has 0 aromatic heterocycles. The number of amides is 2. The van der Waals surface area contributed by atoms with Crippen molar-refractivity contribution >= 4 is 11.8 Å². The summed E-state index contributed by atoms with van der Waals surface area (Å²) in [6.45, 7) is 3.18. The highest BCUT2D eigenvalue weighted by Crippen LogP contribution is 2.29. The molecule has 2 aliphatic carbocycles. The lowest BCUT2D eigenvalue weighted by atomic mass is 9.79. The smallest absolute Gasteiger partial charge is 0.223 e. The summed E-state index contributed by atoms with van der Waals surface area (Å²) < 4.78 is 0. The molecule has 0 saturated heterocycles. The van der Waals surface area contributed by atoms with Gasteiger partial charge < -0.3 is 16.4 Å². The summed E-state index contributed by atoms with van der Waals surface area (Å²) >= 11 is 0. The Bertz CT molecular complexity index is 332. The summed E-state index contributed by atoms with van der Waals surface area (Å²) in [5.74, 6) is 1.00. The Morgan fingerprint density at radius 3 is 2.11 bits per heavy atom. The van der Waals surface area contributed by atoms with Crippen LogP contribution in [0.2, 0.25) is 0 Å². The Balaban J connectivity index is 1.61. The molecule has 2 rings (SSSR count). The standard InChI is InChI=1S/C14H25N3O2/c1-9-6-11(8-12(15)7-9)14(19)17-5-4-16-13(18)10-2-3-10/h9-12H,2-8,15H2,1H3,(H,16,18)(H,17,19). The highest BCUT2D eigenvalue weighted by atomic mass is 16.2. The van der Waals surface area contributed by atoms with Gasteiger partial charge in [0, 0.05) is 31.0 Å². The zero-order chi connectivity index (χ0) is 13.8. The molecule has 0 aromatic rings. The van der Waals surface area contributed by atoms with E-state index >= 15 is 0 Å². The minimum atomic E-state index is 0.0397. The van der Waals surface area contributed by atoms with Gasteiger partial charge in [0.15, 0.2) is 0 Å². The fraction of sp³-hybridized carbons (Fsp3) is 0.857. The predicted molar refractivity (Wildman–Crippen MR) is 73.2 cm³/mol. The van der Waals surface area contributed by atoms with Crippen molar-refractivity contribution in [1.82, 2.24) is 10.6 Å². The summed E-state index contributed by atoms with van der Waals surface area (Å²) in [6, 6.07) is 0.147. The van der Waals surface area contributed by atoms with Gasteiger partial charge in [-0.2, -0.15) is 0 Å². The fourth-order valence-corrected chi connectivity index (χ4v) is 2.88. The van der Waals surface area contributed by atoms with Gasteiger partial charge >= 0.3 is 0 Å². The molecule has 0 spiro atoms. The van der Waals surface area contributed by atoms with Crippen molar-refractivity contribution in [3.05, 3.63) is 0 Å². The summed E-state index contributed by atoms with van der Waals surface area (Å²) in [5, 5.41) is 5.74. The zero-order valence-electron chi connectivity index (χ0n) is 11.7. The van der Waals surface area contributed by atoms with E-state index in [-0.39, 0.29) is 29.7 Å². The predicted octanol–water partition coefficient (Wildman–Crippen LogP) is 0.392. The van der Waals surface area contributed by atoms with Crippen molar-refractivity contribution in [2.75, 3.05) is 13.1 Å². The second-order valence-electron chi connectivity index (χ2n) is 6.13. The molecule has 0 bridgehead atoms. The third-order valence-corrected chi connectivity index (χ3v) is 4.02. The minimum absolute atomic E-state index is 0.0397. The van der Waals surface area contributed by atoms with Crippen molar-refractivity contribution in [3.8, 4) is 0 Å². The topological polar surface area (TPSA) is 84.2 Å². The third kappa shape index (κ3) is 4.49. The molecule has 2 aliphatic rings. The molecule has 108 valence electrons. The average Bonchev–Trinajstić information content (AvgIpc) is 3.17. The number of nitrogens with two attached hydrogens (primary N) is 1. The quantitative estimate of drug-likeness (QED) is 0.630. The van der Waals surface area contributed by atoms with Crippen LogP contribution in [0.5, 0.6) is 0 Å². The molecule has 0 radical (unpaired) electrons. The normalized spacial score (nSPS) is 30.7. The van der Waals surface area contributed by atoms with Crippen LogP contribution in [0.3, 0.4) is 0 Å². The van der Waals surface area contributed by atoms with Crippen molar-refractivity contribution in [1.29, 1.82) is 0 Å². The van der Waals surface area contributed by atoms with Crippen LogP contribution in [0.25, 0.3) is 0 Å². The van der Waals surface area contributed by atoms with Crippen LogP contribution in [0.1, 0.15) is 39.0 Å². The van der Waals surface area contributed by atoms with E-state index in [0.717, 1.165) is 32.1 Å². The van der Waals surface area contributed by atoms with Crippen molar-refractivity contribution < 1.29 is 9.59 Å². The molecule has 2 fully saturated rings. The van der Waals surface area contributed by atoms with Gasteiger partial charge in [-0.15, -0.1) is 0 Å². The Morgan fingerprint density at radius 2 is 1.58 bits per heavy atom. The molecule has 3 unspecified atom stereocenters. The molecule has 5 nitrogen and oxygen atoms in total. The largest absolute Gasteiger partial charge is 0.354 e. The molecule has 3 atom stereocenters. The van der Waals surface area contributed by atoms with Gasteiger partial charge in [0.25, 0.3) is 0 Å². The van der Waals surface area contributed by atoms with Gasteiger partial charge in [0.1, 0.15) is 0 Å². The molecule has 0 aromatic carbocycles. The molecular weight excluding hydrogens is 242 g/mol. The molecule has 2 saturated carbocycles. The lowest BCUT2D eigenvalue weighted by Crippen LogP contribution is -2.42. The SMILES string of the molecule is CC1CC(N)CC(C(=O)NCCNC(=O)C2CC2)C1. The Kier molecular flexibility index (Phi) is 4.80. The van der Waals surface area contributed by atoms with Crippen LogP contribution in [-0.4, -0.2) is 30.9 Å². The van der Waals surface area contributed by atoms with Crippen LogP contribution in [0, 0.1) is 17.8 Å². The van der Waals surface area contributed by atoms with Gasteiger partial charge in [-0.05, 0) is 38.0 Å². The lowest BCUT2D eigenvalue weighted by molar-refractivity contribution is -0.127. The number of hydrogen-bond donors (Lipinski definition) is 3. The van der Waals surface area contributed by atoms with Crippen molar-refractivity contribution in [2.45, 2.75) is 45.1 Å². The van der Waals surface area contributed by atoms with Gasteiger partial charge in [-0.25, -0.2) is 0 Å². The Morgan fingerprint density at radius 1 is 1.00 bits per heavy atom. The van der Waals surface area contributed by atoms with E-state index < -0.39 is 0 Å². The first-order chi connectivity index (χ1) is 9.06. The van der Waals surface area contributed by atoms with E-state index in [1.165, 1.54) is 0 Å². The fourth-order valence-electron chi connectivity index (χ4n) is 2.88. The summed E-state index contributed by atoms with van der Waals surface area (Å²) in [6.07, 6.45) is 4.74. The van der Waals surface area contributed by atoms with Crippen LogP contribution >= 0.6 is 0 Å². The number of carbonyl (C=O) groups is 2. The monoisotopic (exact) mass is 267 g/mol. The van der Waals surface area contributed by atoms with Gasteiger partial charge in [0.05, 0.1) is 0 Å². The highest BCUT2D eigenvalue weighted by Gasteiger charge is 2.30. The molecule has 5 heteroatoms. The molecular formula is C14H25N3O2. The summed E-state index contributed by atoms with van der Waals surface area (Å²) in [7, 11) is 0. The van der Waals surface area contributed by atoms with Gasteiger partial charge in [-0.3, -0.25) is 9.59 Å². The first-order valence-corrected chi connectivity index (χ1v) is 7.37. The van der Waals surface area contributed by atoms with E-state index in [9.17, 15) is 9.59 Å². The second kappa shape index (κ2) is 6.37. The van der Waals surface area contributed by atoms with E-state index in [1.54, 1.807) is 0 Å². The Hall–Kier alpha value is -1.10. The molecule has 4 N–H and O–H groups in total. The molecule has 2 amide bonds. The first kappa shape index (κ1) is 14.3. The van der Waals surface area contributed by atoms with E-state index in [0.29, 0.717) is 19.0 Å². The van der Waals surface area contributed by atoms with Crippen LogP contribution < -0.4 is 16.4 Å². The number of rotatable bonds is 5. The second-order valence-corrected chi connectivity index (χ2v) is 6.13. The van der Waals surface area contributed by atoms with Crippen LogP contribution in [-0.2, 0) is 9.59 Å². The lowest BCUT2D eigenvalue weighted by Gasteiger charge is -2.30. The number of hydrogen-bond acceptors (Lipinski definition) is 3. The van der Waals surface area contributed by atoms with Crippen LogP contribution in [0.4, 0.5) is 0 Å². The van der Waals surface area contributed by atoms with E-state index in [4.69, 9.17) is 5.73 Å². The van der Waals surface area contributed by atoms with Crippen molar-refractivity contribution in [3.63, 3.8) is 0 Å². The summed E-state index contributed by atoms with van der Waals surface area (Å²) in [4.78, 5) is 23.4. The third-order valence-electron chi connectivity index (χ3n) is 4.02. The average molecular weight is 267 g/mol. The highest BCUT2D eigenvalue weighted by molar-refractivity contribution is 5.81. The van der Waals surface area contributed by atoms with Crippen molar-refractivity contribution in [2.24, 2.45) is 23.5 Å². The summed E-state index contributed by atoms with van der Waals surface area (Å²) in [5.41, 5.74) is 5.95. The maximum Gasteiger partial charge on any atom is 0.223 e. The number of nitrogens with one attached hydrogen (secondary N) is 2. The maximum atomic E-state index is 12.0. The van der Waals surface area contributed by atoms with Gasteiger partial charge in [-0.1, -0.05) is 6.92 Å². The van der Waals surface area contributed by atoms with E-state index in [2.05, 4.69) is 17.6 Å². The molecule has 0 aliphatic heterocycles. The minimum Gasteiger partial charge on any atom is -0.354 e. The van der Waals surface area contributed by atoms with E-state index in [1.807, 2.05) is 0 Å². The maximum absolute atomic E-state index is 12.0. The number of carbonyl (C=O) groups excluding carboxylic acids is 2. The first-order valence-electron chi connectivity index (χ1n) is 7.37. The van der Waals surface area contributed by atoms with Crippen LogP contribution in [0.15, 0.2) is 0 Å². The van der Waals surface area contributed by atoms with Gasteiger partial charge in [0.2, 0.25) is 11.8 Å². The zero-order valence-corrected chi connectivity index (χ0v) is 11.7. The Labute approximate surface area is 114 Å².